The van der Waals surface area contributed by atoms with Gasteiger partial charge in [0.2, 0.25) is 0 Å². The minimum absolute atomic E-state index is 0.00405. The Hall–Kier alpha value is -3.58. The Labute approximate surface area is 272 Å². The fourth-order valence-corrected chi connectivity index (χ4v) is 6.76. The minimum Gasteiger partial charge on any atom is -0.444 e. The fraction of sp³-hybridized carbons (Fsp3) is 0.531. The lowest BCUT2D eigenvalue weighted by Crippen LogP contribution is -2.57. The molecular formula is C32H42BrFN8O3. The van der Waals surface area contributed by atoms with Crippen LogP contribution in [-0.2, 0) is 18.2 Å². The Morgan fingerprint density at radius 3 is 2.58 bits per heavy atom. The predicted octanol–water partition coefficient (Wildman–Crippen LogP) is 5.48. The van der Waals surface area contributed by atoms with E-state index in [2.05, 4.69) is 47.0 Å². The molecule has 11 nitrogen and oxygen atoms in total. The van der Waals surface area contributed by atoms with Crippen molar-refractivity contribution in [2.75, 3.05) is 38.0 Å². The number of rotatable bonds is 7. The van der Waals surface area contributed by atoms with Crippen molar-refractivity contribution in [3.63, 3.8) is 0 Å². The standard InChI is InChI=1S/C32H42BrFN8O3/c1-32(2,3)45-31(44)42-13-11-28(36-30(43)35-27-16-23(15-25(33)17-27)29-37-38-39-40(29)4)24(20-42)19-41-12-5-6-22(18-41)14-21-7-9-26(34)10-8-21/h7-10,15-17,22,24,28H,5-6,11-14,18-20H2,1-4H3,(H2,35,36,43)/t22-,24+,28+/m0/s1. The van der Waals surface area contributed by atoms with E-state index in [-0.39, 0.29) is 29.9 Å². The van der Waals surface area contributed by atoms with Crippen LogP contribution in [0.2, 0.25) is 0 Å². The summed E-state index contributed by atoms with van der Waals surface area (Å²) in [6.07, 6.45) is 3.36. The number of aromatic nitrogens is 4. The maximum absolute atomic E-state index is 13.4. The molecule has 0 radical (unpaired) electrons. The van der Waals surface area contributed by atoms with Crippen LogP contribution in [0.5, 0.6) is 0 Å². The molecule has 5 rings (SSSR count). The van der Waals surface area contributed by atoms with Gasteiger partial charge in [0.1, 0.15) is 11.4 Å². The van der Waals surface area contributed by atoms with E-state index in [1.54, 1.807) is 16.6 Å². The second-order valence-corrected chi connectivity index (χ2v) is 14.0. The molecule has 2 aliphatic heterocycles. The molecule has 0 spiro atoms. The first-order chi connectivity index (χ1) is 21.4. The number of carbonyl (C=O) groups excluding carboxylic acids is 2. The molecule has 2 N–H and O–H groups in total. The number of hydrogen-bond acceptors (Lipinski definition) is 7. The Bertz CT molecular complexity index is 1480. The number of carbonyl (C=O) groups is 2. The second-order valence-electron chi connectivity index (χ2n) is 13.1. The third kappa shape index (κ3) is 9.23. The monoisotopic (exact) mass is 684 g/mol. The summed E-state index contributed by atoms with van der Waals surface area (Å²) in [4.78, 5) is 30.6. The summed E-state index contributed by atoms with van der Waals surface area (Å²) in [7, 11) is 1.76. The number of halogens is 2. The van der Waals surface area contributed by atoms with E-state index in [0.29, 0.717) is 36.9 Å². The van der Waals surface area contributed by atoms with Crippen LogP contribution in [0.3, 0.4) is 0 Å². The van der Waals surface area contributed by atoms with Crippen molar-refractivity contribution in [3.05, 3.63) is 58.3 Å². The zero-order valence-electron chi connectivity index (χ0n) is 26.3. The molecule has 0 unspecified atom stereocenters. The first-order valence-corrected chi connectivity index (χ1v) is 16.3. The summed E-state index contributed by atoms with van der Waals surface area (Å²) in [5, 5.41) is 17.9. The lowest BCUT2D eigenvalue weighted by Gasteiger charge is -2.42. The van der Waals surface area contributed by atoms with Gasteiger partial charge in [0.05, 0.1) is 0 Å². The summed E-state index contributed by atoms with van der Waals surface area (Å²) < 4.78 is 21.5. The van der Waals surface area contributed by atoms with Crippen molar-refractivity contribution >= 4 is 33.7 Å². The highest BCUT2D eigenvalue weighted by Crippen LogP contribution is 2.28. The Morgan fingerprint density at radius 1 is 1.09 bits per heavy atom. The fourth-order valence-electron chi connectivity index (χ4n) is 6.27. The van der Waals surface area contributed by atoms with Crippen LogP contribution in [0.25, 0.3) is 11.4 Å². The van der Waals surface area contributed by atoms with E-state index in [4.69, 9.17) is 4.74 Å². The quantitative estimate of drug-likeness (QED) is 0.339. The minimum atomic E-state index is -0.591. The molecule has 3 aromatic rings. The van der Waals surface area contributed by atoms with Gasteiger partial charge in [0.25, 0.3) is 0 Å². The Morgan fingerprint density at radius 2 is 1.87 bits per heavy atom. The molecule has 0 bridgehead atoms. The number of piperidine rings is 2. The van der Waals surface area contributed by atoms with Crippen molar-refractivity contribution < 1.29 is 18.7 Å². The number of amides is 3. The molecule has 2 aliphatic rings. The zero-order chi connectivity index (χ0) is 32.1. The van der Waals surface area contributed by atoms with E-state index in [1.165, 1.54) is 12.1 Å². The largest absolute Gasteiger partial charge is 0.444 e. The first kappa shape index (κ1) is 32.8. The molecule has 1 aromatic heterocycles. The van der Waals surface area contributed by atoms with Crippen LogP contribution in [0, 0.1) is 17.7 Å². The number of anilines is 1. The van der Waals surface area contributed by atoms with Gasteiger partial charge in [-0.1, -0.05) is 28.1 Å². The van der Waals surface area contributed by atoms with E-state index in [0.717, 1.165) is 54.5 Å². The van der Waals surface area contributed by atoms with Crippen LogP contribution >= 0.6 is 15.9 Å². The molecule has 45 heavy (non-hydrogen) atoms. The molecule has 3 heterocycles. The van der Waals surface area contributed by atoms with Gasteiger partial charge < -0.3 is 25.2 Å². The van der Waals surface area contributed by atoms with Crippen LogP contribution in [0.15, 0.2) is 46.9 Å². The smallest absolute Gasteiger partial charge is 0.410 e. The number of urea groups is 1. The number of hydrogen-bond donors (Lipinski definition) is 2. The van der Waals surface area contributed by atoms with Crippen LogP contribution in [0.4, 0.5) is 19.7 Å². The van der Waals surface area contributed by atoms with E-state index in [1.807, 2.05) is 51.1 Å². The number of ether oxygens (including phenoxy) is 1. The summed E-state index contributed by atoms with van der Waals surface area (Å²) in [5.74, 6) is 0.818. The van der Waals surface area contributed by atoms with E-state index >= 15 is 0 Å². The molecule has 0 aliphatic carbocycles. The molecule has 2 aromatic carbocycles. The van der Waals surface area contributed by atoms with Gasteiger partial charge >= 0.3 is 12.1 Å². The second kappa shape index (κ2) is 14.2. The highest BCUT2D eigenvalue weighted by molar-refractivity contribution is 9.10. The van der Waals surface area contributed by atoms with Crippen molar-refractivity contribution in [3.8, 4) is 11.4 Å². The van der Waals surface area contributed by atoms with Crippen LogP contribution in [0.1, 0.15) is 45.6 Å². The van der Waals surface area contributed by atoms with Gasteiger partial charge in [-0.05, 0) is 105 Å². The summed E-state index contributed by atoms with van der Waals surface area (Å²) in [6.45, 7) is 9.18. The predicted molar refractivity (Wildman–Crippen MR) is 173 cm³/mol. The molecule has 13 heteroatoms. The number of tetrazole rings is 1. The van der Waals surface area contributed by atoms with Crippen LogP contribution in [-0.4, -0.2) is 86.5 Å². The number of benzene rings is 2. The van der Waals surface area contributed by atoms with Crippen molar-refractivity contribution in [1.82, 2.24) is 35.3 Å². The third-order valence-corrected chi connectivity index (χ3v) is 8.73. The summed E-state index contributed by atoms with van der Waals surface area (Å²) in [5.41, 5.74) is 1.91. The molecule has 242 valence electrons. The summed E-state index contributed by atoms with van der Waals surface area (Å²) >= 11 is 3.52. The van der Waals surface area contributed by atoms with Gasteiger partial charge in [-0.15, -0.1) is 5.10 Å². The number of nitrogens with zero attached hydrogens (tertiary/aromatic N) is 6. The molecular weight excluding hydrogens is 643 g/mol. The molecule has 2 fully saturated rings. The highest BCUT2D eigenvalue weighted by Gasteiger charge is 2.36. The van der Waals surface area contributed by atoms with Gasteiger partial charge in [0, 0.05) is 60.9 Å². The first-order valence-electron chi connectivity index (χ1n) is 15.5. The number of likely N-dealkylation sites (tertiary alicyclic amines) is 2. The maximum Gasteiger partial charge on any atom is 0.410 e. The third-order valence-electron chi connectivity index (χ3n) is 8.27. The lowest BCUT2D eigenvalue weighted by molar-refractivity contribution is 0.00960. The topological polar surface area (TPSA) is 118 Å². The normalized spacial score (nSPS) is 20.9. The SMILES string of the molecule is Cn1nnnc1-c1cc(Br)cc(NC(=O)N[C@@H]2CCN(C(=O)OC(C)(C)C)C[C@H]2CN2CCC[C@@H](Cc3ccc(F)cc3)C2)c1. The van der Waals surface area contributed by atoms with E-state index < -0.39 is 5.60 Å². The average Bonchev–Trinajstić information content (AvgIpc) is 3.40. The van der Waals surface area contributed by atoms with Crippen LogP contribution < -0.4 is 10.6 Å². The van der Waals surface area contributed by atoms with Gasteiger partial charge in [0.15, 0.2) is 5.82 Å². The van der Waals surface area contributed by atoms with Gasteiger partial charge in [-0.25, -0.2) is 18.7 Å². The molecule has 2 saturated heterocycles. The molecule has 3 atom stereocenters. The number of aryl methyl sites for hydroxylation is 1. The van der Waals surface area contributed by atoms with Gasteiger partial charge in [-0.2, -0.15) is 0 Å². The molecule has 3 amide bonds. The molecule has 0 saturated carbocycles. The summed E-state index contributed by atoms with van der Waals surface area (Å²) in [6, 6.07) is 11.9. The van der Waals surface area contributed by atoms with Crippen molar-refractivity contribution in [2.24, 2.45) is 18.9 Å². The Kier molecular flexibility index (Phi) is 10.4. The van der Waals surface area contributed by atoms with Gasteiger partial charge in [-0.3, -0.25) is 0 Å². The van der Waals surface area contributed by atoms with Crippen molar-refractivity contribution in [2.45, 2.75) is 58.1 Å². The average molecular weight is 686 g/mol. The van der Waals surface area contributed by atoms with Crippen molar-refractivity contribution in [1.29, 1.82) is 0 Å². The number of nitrogens with one attached hydrogen (secondary N) is 2. The lowest BCUT2D eigenvalue weighted by atomic mass is 9.88. The zero-order valence-corrected chi connectivity index (χ0v) is 27.9. The van der Waals surface area contributed by atoms with E-state index in [9.17, 15) is 14.0 Å². The maximum atomic E-state index is 13.4. The highest BCUT2D eigenvalue weighted by atomic mass is 79.9. The Balaban J connectivity index is 1.26.